The number of nitrogens with zero attached hydrogens (tertiary/aromatic N) is 1. The van der Waals surface area contributed by atoms with Crippen molar-refractivity contribution in [2.75, 3.05) is 40.9 Å². The molecule has 0 aliphatic carbocycles. The van der Waals surface area contributed by atoms with Crippen LogP contribution in [0.2, 0.25) is 0 Å². The molecule has 0 radical (unpaired) electrons. The van der Waals surface area contributed by atoms with E-state index in [1.165, 1.54) is 7.11 Å². The number of likely N-dealkylation sites (N-methyl/N-ethyl adjacent to an activating group) is 2. The second-order valence-electron chi connectivity index (χ2n) is 5.44. The standard InChI is InChI=1S/C16H32N2O4/c1-17-12-13-18(2)16(20)22-14-10-8-6-4-5-7-9-11-15(19)21-3/h17H,4-14H2,1-3H3. The predicted octanol–water partition coefficient (Wildman–Crippen LogP) is 2.57. The Balaban J connectivity index is 3.29. The zero-order valence-electron chi connectivity index (χ0n) is 14.4. The lowest BCUT2D eigenvalue weighted by atomic mass is 10.1. The van der Waals surface area contributed by atoms with Crippen LogP contribution in [-0.4, -0.2) is 57.9 Å². The van der Waals surface area contributed by atoms with Crippen LogP contribution >= 0.6 is 0 Å². The van der Waals surface area contributed by atoms with Gasteiger partial charge in [-0.2, -0.15) is 0 Å². The topological polar surface area (TPSA) is 67.9 Å². The molecule has 1 amide bonds. The lowest BCUT2D eigenvalue weighted by Gasteiger charge is -2.16. The van der Waals surface area contributed by atoms with Crippen molar-refractivity contribution in [3.63, 3.8) is 0 Å². The summed E-state index contributed by atoms with van der Waals surface area (Å²) in [5.41, 5.74) is 0. The number of ether oxygens (including phenoxy) is 2. The van der Waals surface area contributed by atoms with Crippen LogP contribution in [0.3, 0.4) is 0 Å². The lowest BCUT2D eigenvalue weighted by molar-refractivity contribution is -0.140. The van der Waals surface area contributed by atoms with Crippen molar-refractivity contribution in [2.24, 2.45) is 0 Å². The van der Waals surface area contributed by atoms with Crippen LogP contribution in [0.15, 0.2) is 0 Å². The maximum atomic E-state index is 11.6. The van der Waals surface area contributed by atoms with Gasteiger partial charge in [-0.3, -0.25) is 4.79 Å². The number of esters is 1. The number of carbonyl (C=O) groups excluding carboxylic acids is 2. The molecule has 0 heterocycles. The summed E-state index contributed by atoms with van der Waals surface area (Å²) in [6.07, 6.45) is 7.68. The van der Waals surface area contributed by atoms with E-state index >= 15 is 0 Å². The molecule has 0 aliphatic rings. The summed E-state index contributed by atoms with van der Waals surface area (Å²) < 4.78 is 9.79. The Bertz CT molecular complexity index is 298. The summed E-state index contributed by atoms with van der Waals surface area (Å²) in [7, 11) is 5.02. The minimum absolute atomic E-state index is 0.124. The fourth-order valence-electron chi connectivity index (χ4n) is 2.00. The second-order valence-corrected chi connectivity index (χ2v) is 5.44. The van der Waals surface area contributed by atoms with E-state index < -0.39 is 0 Å². The predicted molar refractivity (Wildman–Crippen MR) is 86.9 cm³/mol. The summed E-state index contributed by atoms with van der Waals surface area (Å²) in [4.78, 5) is 24.1. The highest BCUT2D eigenvalue weighted by Crippen LogP contribution is 2.09. The number of hydrogen-bond donors (Lipinski definition) is 1. The molecule has 0 rings (SSSR count). The van der Waals surface area contributed by atoms with E-state index in [2.05, 4.69) is 10.1 Å². The number of rotatable bonds is 13. The molecule has 22 heavy (non-hydrogen) atoms. The van der Waals surface area contributed by atoms with Crippen LogP contribution in [-0.2, 0) is 14.3 Å². The first kappa shape index (κ1) is 20.7. The number of amides is 1. The molecule has 0 atom stereocenters. The van der Waals surface area contributed by atoms with E-state index in [0.29, 0.717) is 19.6 Å². The molecule has 6 nitrogen and oxygen atoms in total. The molecule has 0 aliphatic heterocycles. The summed E-state index contributed by atoms with van der Waals surface area (Å²) in [5.74, 6) is -0.124. The summed E-state index contributed by atoms with van der Waals surface area (Å²) >= 11 is 0. The summed E-state index contributed by atoms with van der Waals surface area (Å²) in [6, 6.07) is 0. The van der Waals surface area contributed by atoms with Gasteiger partial charge in [-0.1, -0.05) is 32.1 Å². The first-order valence-electron chi connectivity index (χ1n) is 8.21. The smallest absolute Gasteiger partial charge is 0.409 e. The Morgan fingerprint density at radius 1 is 1.00 bits per heavy atom. The first-order chi connectivity index (χ1) is 10.6. The Morgan fingerprint density at radius 2 is 1.59 bits per heavy atom. The SMILES string of the molecule is CNCCN(C)C(=O)OCCCCCCCCCC(=O)OC. The van der Waals surface area contributed by atoms with Gasteiger partial charge in [0.25, 0.3) is 0 Å². The molecule has 0 fully saturated rings. The van der Waals surface area contributed by atoms with Crippen molar-refractivity contribution in [1.29, 1.82) is 0 Å². The Hall–Kier alpha value is -1.30. The maximum Gasteiger partial charge on any atom is 0.409 e. The van der Waals surface area contributed by atoms with Crippen molar-refractivity contribution in [3.8, 4) is 0 Å². The van der Waals surface area contributed by atoms with Gasteiger partial charge in [0, 0.05) is 26.6 Å². The third-order valence-corrected chi connectivity index (χ3v) is 3.49. The minimum atomic E-state index is -0.252. The molecule has 0 aromatic heterocycles. The van der Waals surface area contributed by atoms with E-state index in [-0.39, 0.29) is 12.1 Å². The number of carbonyl (C=O) groups is 2. The summed E-state index contributed by atoms with van der Waals surface area (Å²) in [6.45, 7) is 1.91. The average molecular weight is 316 g/mol. The van der Waals surface area contributed by atoms with Gasteiger partial charge in [-0.05, 0) is 19.9 Å². The van der Waals surface area contributed by atoms with E-state index in [4.69, 9.17) is 4.74 Å². The van der Waals surface area contributed by atoms with Crippen LogP contribution in [0, 0.1) is 0 Å². The molecular weight excluding hydrogens is 284 g/mol. The van der Waals surface area contributed by atoms with Crippen molar-refractivity contribution in [1.82, 2.24) is 10.2 Å². The molecule has 0 aromatic rings. The van der Waals surface area contributed by atoms with Gasteiger partial charge in [-0.25, -0.2) is 4.79 Å². The third kappa shape index (κ3) is 12.4. The van der Waals surface area contributed by atoms with Crippen molar-refractivity contribution in [3.05, 3.63) is 0 Å². The highest BCUT2D eigenvalue weighted by atomic mass is 16.6. The zero-order chi connectivity index (χ0) is 16.6. The van der Waals surface area contributed by atoms with Gasteiger partial charge in [0.2, 0.25) is 0 Å². The van der Waals surface area contributed by atoms with E-state index in [0.717, 1.165) is 51.5 Å². The molecule has 0 saturated heterocycles. The Kier molecular flexibility index (Phi) is 13.8. The number of hydrogen-bond acceptors (Lipinski definition) is 5. The fraction of sp³-hybridized carbons (Fsp3) is 0.875. The second kappa shape index (κ2) is 14.6. The monoisotopic (exact) mass is 316 g/mol. The van der Waals surface area contributed by atoms with Gasteiger partial charge >= 0.3 is 12.1 Å². The van der Waals surface area contributed by atoms with Gasteiger partial charge in [0.15, 0.2) is 0 Å². The maximum absolute atomic E-state index is 11.6. The summed E-state index contributed by atoms with van der Waals surface area (Å²) in [5, 5.41) is 2.99. The average Bonchev–Trinajstić information content (AvgIpc) is 2.53. The molecule has 0 spiro atoms. The van der Waals surface area contributed by atoms with Crippen molar-refractivity contribution < 1.29 is 19.1 Å². The van der Waals surface area contributed by atoms with Crippen LogP contribution in [0.5, 0.6) is 0 Å². The number of methoxy groups -OCH3 is 1. The fourth-order valence-corrected chi connectivity index (χ4v) is 2.00. The van der Waals surface area contributed by atoms with Gasteiger partial charge in [-0.15, -0.1) is 0 Å². The van der Waals surface area contributed by atoms with Gasteiger partial charge in [0.1, 0.15) is 0 Å². The first-order valence-corrected chi connectivity index (χ1v) is 8.21. The van der Waals surface area contributed by atoms with Crippen molar-refractivity contribution >= 4 is 12.1 Å². The molecule has 1 N–H and O–H groups in total. The van der Waals surface area contributed by atoms with Crippen LogP contribution in [0.4, 0.5) is 4.79 Å². The van der Waals surface area contributed by atoms with Crippen LogP contribution < -0.4 is 5.32 Å². The van der Waals surface area contributed by atoms with Gasteiger partial charge in [0.05, 0.1) is 13.7 Å². The molecule has 0 saturated carbocycles. The number of unbranched alkanes of at least 4 members (excludes halogenated alkanes) is 6. The molecule has 6 heteroatoms. The zero-order valence-corrected chi connectivity index (χ0v) is 14.4. The largest absolute Gasteiger partial charge is 0.469 e. The van der Waals surface area contributed by atoms with Crippen LogP contribution in [0.25, 0.3) is 0 Å². The van der Waals surface area contributed by atoms with Gasteiger partial charge < -0.3 is 19.7 Å². The Labute approximate surface area is 134 Å². The quantitative estimate of drug-likeness (QED) is 0.418. The van der Waals surface area contributed by atoms with E-state index in [1.54, 1.807) is 11.9 Å². The molecule has 0 bridgehead atoms. The lowest BCUT2D eigenvalue weighted by Crippen LogP contribution is -2.33. The molecular formula is C16H32N2O4. The highest BCUT2D eigenvalue weighted by molar-refractivity contribution is 5.69. The molecule has 0 aromatic carbocycles. The molecule has 0 unspecified atom stereocenters. The van der Waals surface area contributed by atoms with E-state index in [1.807, 2.05) is 7.05 Å². The van der Waals surface area contributed by atoms with E-state index in [9.17, 15) is 9.59 Å². The normalized spacial score (nSPS) is 10.3. The molecule has 130 valence electrons. The van der Waals surface area contributed by atoms with Crippen LogP contribution in [0.1, 0.15) is 51.4 Å². The number of nitrogens with one attached hydrogen (secondary N) is 1. The third-order valence-electron chi connectivity index (χ3n) is 3.49. The Morgan fingerprint density at radius 3 is 2.18 bits per heavy atom. The van der Waals surface area contributed by atoms with Crippen molar-refractivity contribution in [2.45, 2.75) is 51.4 Å². The highest BCUT2D eigenvalue weighted by Gasteiger charge is 2.08. The minimum Gasteiger partial charge on any atom is -0.469 e.